The lowest BCUT2D eigenvalue weighted by molar-refractivity contribution is 0.591. The van der Waals surface area contributed by atoms with Crippen LogP contribution in [0.4, 0.5) is 8.78 Å². The van der Waals surface area contributed by atoms with Gasteiger partial charge in [0, 0.05) is 5.39 Å². The molecule has 0 unspecified atom stereocenters. The molecule has 0 aliphatic carbocycles. The van der Waals surface area contributed by atoms with Crippen LogP contribution < -0.4 is 0 Å². The Labute approximate surface area is 177 Å². The summed E-state index contributed by atoms with van der Waals surface area (Å²) >= 11 is 0. The minimum atomic E-state index is -0.233. The van der Waals surface area contributed by atoms with Gasteiger partial charge in [-0.3, -0.25) is 0 Å². The Morgan fingerprint density at radius 3 is 1.90 bits per heavy atom. The van der Waals surface area contributed by atoms with Crippen molar-refractivity contribution in [1.29, 1.82) is 0 Å². The molecule has 0 spiro atoms. The van der Waals surface area contributed by atoms with Gasteiger partial charge in [0.1, 0.15) is 11.6 Å². The molecule has 0 radical (unpaired) electrons. The lowest BCUT2D eigenvalue weighted by Gasteiger charge is -2.24. The van der Waals surface area contributed by atoms with E-state index in [2.05, 4.69) is 59.7 Å². The molecule has 0 aliphatic heterocycles. The Hall–Kier alpha value is -2.74. The van der Waals surface area contributed by atoms with Gasteiger partial charge in [-0.2, -0.15) is 0 Å². The molecular formula is C28H28F2. The highest BCUT2D eigenvalue weighted by atomic mass is 19.1. The summed E-state index contributed by atoms with van der Waals surface area (Å²) in [5, 5.41) is 3.50. The van der Waals surface area contributed by atoms with Crippen molar-refractivity contribution in [1.82, 2.24) is 0 Å². The van der Waals surface area contributed by atoms with Gasteiger partial charge in [0.05, 0.1) is 0 Å². The zero-order valence-electron chi connectivity index (χ0n) is 18.5. The highest BCUT2D eigenvalue weighted by molar-refractivity contribution is 5.95. The van der Waals surface area contributed by atoms with E-state index < -0.39 is 0 Å². The molecule has 0 amide bonds. The summed E-state index contributed by atoms with van der Waals surface area (Å²) in [5.74, 6) is -0.443. The molecule has 2 heteroatoms. The summed E-state index contributed by atoms with van der Waals surface area (Å²) in [6.45, 7) is 12.8. The zero-order valence-corrected chi connectivity index (χ0v) is 18.5. The molecule has 4 rings (SSSR count). The average molecular weight is 403 g/mol. The van der Waals surface area contributed by atoms with Crippen LogP contribution in [-0.2, 0) is 10.8 Å². The van der Waals surface area contributed by atoms with Crippen LogP contribution in [0.5, 0.6) is 0 Å². The number of rotatable bonds is 1. The van der Waals surface area contributed by atoms with Crippen LogP contribution in [0.15, 0.2) is 60.7 Å². The van der Waals surface area contributed by atoms with Crippen LogP contribution in [0.2, 0.25) is 0 Å². The van der Waals surface area contributed by atoms with Crippen molar-refractivity contribution in [3.63, 3.8) is 0 Å². The summed E-state index contributed by atoms with van der Waals surface area (Å²) < 4.78 is 28.7. The molecule has 0 N–H and O–H groups in total. The second kappa shape index (κ2) is 6.91. The van der Waals surface area contributed by atoms with Gasteiger partial charge in [-0.25, -0.2) is 8.78 Å². The molecule has 0 fully saturated rings. The first-order valence-corrected chi connectivity index (χ1v) is 10.4. The molecule has 0 aliphatic rings. The number of benzene rings is 4. The van der Waals surface area contributed by atoms with Gasteiger partial charge in [0.2, 0.25) is 0 Å². The maximum atomic E-state index is 14.8. The molecule has 0 saturated heterocycles. The Kier molecular flexibility index (Phi) is 4.73. The highest BCUT2D eigenvalue weighted by Crippen LogP contribution is 2.38. The molecule has 0 bridgehead atoms. The molecule has 30 heavy (non-hydrogen) atoms. The third-order valence-electron chi connectivity index (χ3n) is 5.83. The normalized spacial score (nSPS) is 12.7. The third kappa shape index (κ3) is 3.60. The van der Waals surface area contributed by atoms with Gasteiger partial charge >= 0.3 is 0 Å². The van der Waals surface area contributed by atoms with Gasteiger partial charge < -0.3 is 0 Å². The Morgan fingerprint density at radius 1 is 0.533 bits per heavy atom. The largest absolute Gasteiger partial charge is 0.207 e. The van der Waals surface area contributed by atoms with Crippen LogP contribution in [0.3, 0.4) is 0 Å². The number of halogens is 2. The fourth-order valence-corrected chi connectivity index (χ4v) is 4.26. The Balaban J connectivity index is 1.99. The summed E-state index contributed by atoms with van der Waals surface area (Å²) in [4.78, 5) is 0. The van der Waals surface area contributed by atoms with Crippen LogP contribution in [0, 0.1) is 11.6 Å². The van der Waals surface area contributed by atoms with Crippen LogP contribution in [-0.4, -0.2) is 0 Å². The van der Waals surface area contributed by atoms with E-state index in [4.69, 9.17) is 0 Å². The van der Waals surface area contributed by atoms with E-state index in [1.54, 1.807) is 12.1 Å². The minimum absolute atomic E-state index is 0.0696. The van der Waals surface area contributed by atoms with E-state index in [-0.39, 0.29) is 22.5 Å². The summed E-state index contributed by atoms with van der Waals surface area (Å²) in [6.07, 6.45) is 0. The van der Waals surface area contributed by atoms with Crippen molar-refractivity contribution in [2.75, 3.05) is 0 Å². The first kappa shape index (κ1) is 20.5. The highest BCUT2D eigenvalue weighted by Gasteiger charge is 2.21. The van der Waals surface area contributed by atoms with E-state index in [0.717, 1.165) is 38.4 Å². The molecule has 154 valence electrons. The quantitative estimate of drug-likeness (QED) is 0.299. The summed E-state index contributed by atoms with van der Waals surface area (Å²) in [5.41, 5.74) is 3.97. The fourth-order valence-electron chi connectivity index (χ4n) is 4.26. The summed E-state index contributed by atoms with van der Waals surface area (Å²) in [6, 6.07) is 18.6. The SMILES string of the molecule is CC(C)(C)c1cc(-c2ccc3c(C(C)(C)C)ccc(F)c3c2)cc2ccc(F)cc12. The Bertz CT molecular complexity index is 1270. The maximum absolute atomic E-state index is 14.8. The van der Waals surface area contributed by atoms with Crippen molar-refractivity contribution in [2.24, 2.45) is 0 Å². The van der Waals surface area contributed by atoms with Gasteiger partial charge in [-0.15, -0.1) is 0 Å². The molecule has 4 aromatic carbocycles. The predicted octanol–water partition coefficient (Wildman–Crippen LogP) is 8.53. The fraction of sp³-hybridized carbons (Fsp3) is 0.286. The van der Waals surface area contributed by atoms with E-state index in [1.165, 1.54) is 6.07 Å². The minimum Gasteiger partial charge on any atom is -0.207 e. The lowest BCUT2D eigenvalue weighted by atomic mass is 9.81. The third-order valence-corrected chi connectivity index (χ3v) is 5.83. The van der Waals surface area contributed by atoms with Crippen LogP contribution in [0.25, 0.3) is 32.7 Å². The molecule has 0 heterocycles. The smallest absolute Gasteiger partial charge is 0.131 e. The number of fused-ring (bicyclic) bond motifs is 2. The van der Waals surface area contributed by atoms with E-state index in [1.807, 2.05) is 24.3 Å². The average Bonchev–Trinajstić information content (AvgIpc) is 2.65. The van der Waals surface area contributed by atoms with E-state index in [9.17, 15) is 8.78 Å². The van der Waals surface area contributed by atoms with Gasteiger partial charge in [0.25, 0.3) is 0 Å². The topological polar surface area (TPSA) is 0 Å². The molecule has 0 nitrogen and oxygen atoms in total. The van der Waals surface area contributed by atoms with Crippen LogP contribution >= 0.6 is 0 Å². The Morgan fingerprint density at radius 2 is 1.23 bits per heavy atom. The van der Waals surface area contributed by atoms with Crippen molar-refractivity contribution in [3.8, 4) is 11.1 Å². The molecule has 0 atom stereocenters. The van der Waals surface area contributed by atoms with Crippen molar-refractivity contribution >= 4 is 21.5 Å². The van der Waals surface area contributed by atoms with Gasteiger partial charge in [0.15, 0.2) is 0 Å². The zero-order chi connectivity index (χ0) is 21.8. The molecule has 0 aromatic heterocycles. The van der Waals surface area contributed by atoms with Crippen molar-refractivity contribution in [3.05, 3.63) is 83.4 Å². The maximum Gasteiger partial charge on any atom is 0.131 e. The van der Waals surface area contributed by atoms with E-state index in [0.29, 0.717) is 5.39 Å². The second-order valence-electron chi connectivity index (χ2n) is 10.2. The van der Waals surface area contributed by atoms with Crippen molar-refractivity contribution < 1.29 is 8.78 Å². The molecule has 4 aromatic rings. The molecule has 0 saturated carbocycles. The number of hydrogen-bond acceptors (Lipinski definition) is 0. The first-order valence-electron chi connectivity index (χ1n) is 10.4. The van der Waals surface area contributed by atoms with E-state index >= 15 is 0 Å². The van der Waals surface area contributed by atoms with Gasteiger partial charge in [-0.05, 0) is 85.6 Å². The predicted molar refractivity (Wildman–Crippen MR) is 124 cm³/mol. The first-order chi connectivity index (χ1) is 13.9. The molecular weight excluding hydrogens is 374 g/mol. The lowest BCUT2D eigenvalue weighted by Crippen LogP contribution is -2.12. The van der Waals surface area contributed by atoms with Gasteiger partial charge in [-0.1, -0.05) is 65.8 Å². The summed E-state index contributed by atoms with van der Waals surface area (Å²) in [7, 11) is 0. The van der Waals surface area contributed by atoms with Crippen LogP contribution in [0.1, 0.15) is 52.7 Å². The van der Waals surface area contributed by atoms with Crippen molar-refractivity contribution in [2.45, 2.75) is 52.4 Å². The standard InChI is InChI=1S/C28H28F2/c1-27(2,3)24-11-12-26(30)23-14-17(8-10-21(23)24)19-13-18-7-9-20(29)16-22(18)25(15-19)28(4,5)6/h7-16H,1-6H3. The number of hydrogen-bond donors (Lipinski definition) is 0. The second-order valence-corrected chi connectivity index (χ2v) is 10.2. The monoisotopic (exact) mass is 402 g/mol.